The Morgan fingerprint density at radius 1 is 1.43 bits per heavy atom. The van der Waals surface area contributed by atoms with Crippen LogP contribution in [-0.4, -0.2) is 47.7 Å². The van der Waals surface area contributed by atoms with Gasteiger partial charge >= 0.3 is 5.97 Å². The lowest BCUT2D eigenvalue weighted by molar-refractivity contribution is 0.0522. The van der Waals surface area contributed by atoms with Gasteiger partial charge in [-0.25, -0.2) is 22.9 Å². The summed E-state index contributed by atoms with van der Waals surface area (Å²) in [6.07, 6.45) is 4.69. The summed E-state index contributed by atoms with van der Waals surface area (Å²) in [6.45, 7) is 1.94. The van der Waals surface area contributed by atoms with Gasteiger partial charge in [0.25, 0.3) is 10.0 Å². The normalized spacial score (nSPS) is 11.5. The highest BCUT2D eigenvalue weighted by Gasteiger charge is 2.25. The van der Waals surface area contributed by atoms with Gasteiger partial charge in [0.05, 0.1) is 19.1 Å². The first-order valence-electron chi connectivity index (χ1n) is 6.22. The third kappa shape index (κ3) is 3.67. The smallest absolute Gasteiger partial charge is 0.342 e. The zero-order chi connectivity index (χ0) is 15.3. The number of esters is 1. The fourth-order valence-electron chi connectivity index (χ4n) is 1.65. The molecule has 0 aliphatic heterocycles. The number of ether oxygens (including phenoxy) is 1. The van der Waals surface area contributed by atoms with Crippen molar-refractivity contribution in [1.82, 2.24) is 24.9 Å². The summed E-state index contributed by atoms with van der Waals surface area (Å²) in [4.78, 5) is 18.3. The van der Waals surface area contributed by atoms with Crippen LogP contribution in [0.5, 0.6) is 0 Å². The molecular weight excluding hydrogens is 298 g/mol. The summed E-state index contributed by atoms with van der Waals surface area (Å²) in [7, 11) is -3.87. The van der Waals surface area contributed by atoms with E-state index in [1.807, 2.05) is 0 Å². The minimum atomic E-state index is -3.87. The summed E-state index contributed by atoms with van der Waals surface area (Å²) in [5.74, 6) is -0.736. The Labute approximate surface area is 121 Å². The molecule has 3 N–H and O–H groups in total. The molecule has 0 atom stereocenters. The monoisotopic (exact) mass is 313 g/mol. The van der Waals surface area contributed by atoms with E-state index < -0.39 is 16.0 Å². The van der Waals surface area contributed by atoms with Crippen LogP contribution in [0.3, 0.4) is 0 Å². The largest absolute Gasteiger partial charge is 0.462 e. The Morgan fingerprint density at radius 2 is 2.24 bits per heavy atom. The Morgan fingerprint density at radius 3 is 2.90 bits per heavy atom. The van der Waals surface area contributed by atoms with Gasteiger partial charge in [-0.15, -0.1) is 0 Å². The van der Waals surface area contributed by atoms with Crippen molar-refractivity contribution >= 4 is 16.0 Å². The van der Waals surface area contributed by atoms with Gasteiger partial charge in [0.1, 0.15) is 5.56 Å². The highest BCUT2D eigenvalue weighted by molar-refractivity contribution is 7.89. The molecule has 2 aromatic rings. The maximum absolute atomic E-state index is 12.1. The second-order valence-electron chi connectivity index (χ2n) is 4.06. The minimum absolute atomic E-state index is 0.120. The third-order valence-electron chi connectivity index (χ3n) is 2.61. The second-order valence-corrected chi connectivity index (χ2v) is 5.76. The third-order valence-corrected chi connectivity index (χ3v) is 4.04. The van der Waals surface area contributed by atoms with E-state index in [-0.39, 0.29) is 23.7 Å². The van der Waals surface area contributed by atoms with Crippen molar-refractivity contribution in [3.63, 3.8) is 0 Å². The molecule has 0 unspecified atom stereocenters. The van der Waals surface area contributed by atoms with Gasteiger partial charge in [-0.1, -0.05) is 0 Å². The first-order chi connectivity index (χ1) is 10.0. The van der Waals surface area contributed by atoms with Gasteiger partial charge in [-0.3, -0.25) is 5.10 Å². The Balaban J connectivity index is 2.05. The lowest BCUT2D eigenvalue weighted by atomic mass is 10.3. The van der Waals surface area contributed by atoms with Crippen molar-refractivity contribution < 1.29 is 17.9 Å². The molecule has 9 nitrogen and oxygen atoms in total. The zero-order valence-corrected chi connectivity index (χ0v) is 12.1. The molecule has 0 radical (unpaired) electrons. The van der Waals surface area contributed by atoms with E-state index in [0.717, 1.165) is 11.9 Å². The average molecular weight is 313 g/mol. The Kier molecular flexibility index (Phi) is 4.70. The number of H-pyrrole nitrogens is 2. The molecule has 0 aliphatic rings. The summed E-state index contributed by atoms with van der Waals surface area (Å²) < 4.78 is 31.4. The lowest BCUT2D eigenvalue weighted by Gasteiger charge is -2.06. The Bertz CT molecular complexity index is 692. The number of carbonyl (C=O) groups excluding carboxylic acids is 1. The Hall–Kier alpha value is -2.20. The standard InChI is InChI=1S/C11H15N5O4S/c1-2-20-11(17)9-6-14-16-10(9)21(18,19)15-4-3-8-5-12-7-13-8/h5-7,15H,2-4H2,1H3,(H,12,13)(H,14,16). The van der Waals surface area contributed by atoms with Gasteiger partial charge in [-0.2, -0.15) is 5.10 Å². The molecule has 0 saturated heterocycles. The lowest BCUT2D eigenvalue weighted by Crippen LogP contribution is -2.28. The van der Waals surface area contributed by atoms with Crippen molar-refractivity contribution in [2.45, 2.75) is 18.4 Å². The fraction of sp³-hybridized carbons (Fsp3) is 0.364. The van der Waals surface area contributed by atoms with Crippen LogP contribution in [0, 0.1) is 0 Å². The first kappa shape index (κ1) is 15.2. The quantitative estimate of drug-likeness (QED) is 0.608. The van der Waals surface area contributed by atoms with Crippen LogP contribution in [0.4, 0.5) is 0 Å². The maximum Gasteiger partial charge on any atom is 0.342 e. The molecule has 10 heteroatoms. The SMILES string of the molecule is CCOC(=O)c1cn[nH]c1S(=O)(=O)NCCc1cnc[nH]1. The van der Waals surface area contributed by atoms with Crippen molar-refractivity contribution in [3.05, 3.63) is 30.0 Å². The van der Waals surface area contributed by atoms with Crippen LogP contribution in [0.2, 0.25) is 0 Å². The molecule has 0 amide bonds. The van der Waals surface area contributed by atoms with E-state index in [9.17, 15) is 13.2 Å². The number of carbonyl (C=O) groups is 1. The van der Waals surface area contributed by atoms with Gasteiger partial charge in [-0.05, 0) is 6.92 Å². The van der Waals surface area contributed by atoms with Gasteiger partial charge in [0, 0.05) is 24.9 Å². The predicted octanol–water partition coefficient (Wildman–Crippen LogP) is -0.169. The van der Waals surface area contributed by atoms with Crippen LogP contribution < -0.4 is 4.72 Å². The van der Waals surface area contributed by atoms with Crippen LogP contribution in [0.15, 0.2) is 23.7 Å². The second kappa shape index (κ2) is 6.50. The highest BCUT2D eigenvalue weighted by Crippen LogP contribution is 2.13. The molecule has 0 aromatic carbocycles. The molecule has 2 heterocycles. The minimum Gasteiger partial charge on any atom is -0.462 e. The number of aromatic nitrogens is 4. The van der Waals surface area contributed by atoms with Gasteiger partial charge < -0.3 is 9.72 Å². The number of hydrogen-bond donors (Lipinski definition) is 3. The fourth-order valence-corrected chi connectivity index (χ4v) is 2.76. The van der Waals surface area contributed by atoms with E-state index in [1.165, 1.54) is 6.33 Å². The van der Waals surface area contributed by atoms with Gasteiger partial charge in [0.15, 0.2) is 5.03 Å². The summed E-state index contributed by atoms with van der Waals surface area (Å²) in [6, 6.07) is 0. The molecular formula is C11H15N5O4S. The topological polar surface area (TPSA) is 130 Å². The first-order valence-corrected chi connectivity index (χ1v) is 7.70. The number of nitrogens with zero attached hydrogens (tertiary/aromatic N) is 2. The predicted molar refractivity (Wildman–Crippen MR) is 72.0 cm³/mol. The molecule has 2 rings (SSSR count). The van der Waals surface area contributed by atoms with Crippen LogP contribution >= 0.6 is 0 Å². The van der Waals surface area contributed by atoms with Gasteiger partial charge in [0.2, 0.25) is 0 Å². The number of imidazole rings is 1. The van der Waals surface area contributed by atoms with Crippen LogP contribution in [0.1, 0.15) is 23.0 Å². The number of aromatic amines is 2. The van der Waals surface area contributed by atoms with E-state index in [0.29, 0.717) is 6.42 Å². The summed E-state index contributed by atoms with van der Waals surface area (Å²) in [5, 5.41) is 5.60. The molecule has 114 valence electrons. The summed E-state index contributed by atoms with van der Waals surface area (Å²) >= 11 is 0. The number of sulfonamides is 1. The molecule has 0 bridgehead atoms. The van der Waals surface area contributed by atoms with Crippen molar-refractivity contribution in [2.24, 2.45) is 0 Å². The summed E-state index contributed by atoms with van der Waals surface area (Å²) in [5.41, 5.74) is 0.679. The van der Waals surface area contributed by atoms with E-state index in [1.54, 1.807) is 13.1 Å². The molecule has 2 aromatic heterocycles. The molecule has 21 heavy (non-hydrogen) atoms. The molecule has 0 saturated carbocycles. The number of nitrogens with one attached hydrogen (secondary N) is 3. The van der Waals surface area contributed by atoms with E-state index in [4.69, 9.17) is 4.74 Å². The van der Waals surface area contributed by atoms with Crippen molar-refractivity contribution in [1.29, 1.82) is 0 Å². The maximum atomic E-state index is 12.1. The zero-order valence-electron chi connectivity index (χ0n) is 11.3. The highest BCUT2D eigenvalue weighted by atomic mass is 32.2. The molecule has 0 aliphatic carbocycles. The van der Waals surface area contributed by atoms with Crippen molar-refractivity contribution in [3.8, 4) is 0 Å². The van der Waals surface area contributed by atoms with Crippen molar-refractivity contribution in [2.75, 3.05) is 13.2 Å². The van der Waals surface area contributed by atoms with Crippen LogP contribution in [-0.2, 0) is 21.2 Å². The number of hydrogen-bond acceptors (Lipinski definition) is 6. The van der Waals surface area contributed by atoms with E-state index in [2.05, 4.69) is 24.9 Å². The molecule has 0 fully saturated rings. The van der Waals surface area contributed by atoms with Crippen LogP contribution in [0.25, 0.3) is 0 Å². The number of rotatable bonds is 7. The molecule has 0 spiro atoms. The van der Waals surface area contributed by atoms with E-state index >= 15 is 0 Å². The average Bonchev–Trinajstić information content (AvgIpc) is 3.10.